The molecule has 0 aliphatic carbocycles. The molecule has 0 saturated heterocycles. The molecule has 0 aliphatic rings. The molecule has 19 heavy (non-hydrogen) atoms. The van der Waals surface area contributed by atoms with Crippen LogP contribution in [0, 0.1) is 0 Å². The minimum Gasteiger partial charge on any atom is -0.416 e. The van der Waals surface area contributed by atoms with Gasteiger partial charge in [0.25, 0.3) is 0 Å². The maximum absolute atomic E-state index is 5.93. The van der Waals surface area contributed by atoms with Gasteiger partial charge in [-0.2, -0.15) is 0 Å². The lowest BCUT2D eigenvalue weighted by atomic mass is 10.2. The van der Waals surface area contributed by atoms with Crippen LogP contribution in [0.4, 0.5) is 5.69 Å². The molecule has 4 nitrogen and oxygen atoms in total. The maximum Gasteiger partial charge on any atom is 0.250 e. The first-order valence-electron chi connectivity index (χ1n) is 5.68. The summed E-state index contributed by atoms with van der Waals surface area (Å²) in [4.78, 5) is 0. The first-order valence-corrected chi connectivity index (χ1v) is 6.06. The van der Waals surface area contributed by atoms with Crippen LogP contribution in [-0.4, -0.2) is 10.2 Å². The highest BCUT2D eigenvalue weighted by atomic mass is 35.5. The van der Waals surface area contributed by atoms with Crippen LogP contribution in [0.2, 0.25) is 5.02 Å². The van der Waals surface area contributed by atoms with Gasteiger partial charge in [-0.05, 0) is 30.3 Å². The fourth-order valence-corrected chi connectivity index (χ4v) is 1.95. The van der Waals surface area contributed by atoms with Crippen LogP contribution < -0.4 is 5.73 Å². The van der Waals surface area contributed by atoms with Gasteiger partial charge >= 0.3 is 0 Å². The van der Waals surface area contributed by atoms with Crippen molar-refractivity contribution >= 4 is 17.3 Å². The second-order valence-corrected chi connectivity index (χ2v) is 4.45. The number of hydrogen-bond acceptors (Lipinski definition) is 4. The number of nitrogens with zero attached hydrogens (tertiary/aromatic N) is 2. The Balaban J connectivity index is 2.03. The van der Waals surface area contributed by atoms with E-state index in [0.717, 1.165) is 11.1 Å². The molecule has 3 aromatic rings. The van der Waals surface area contributed by atoms with Crippen LogP contribution >= 0.6 is 11.6 Å². The molecule has 0 unspecified atom stereocenters. The average Bonchev–Trinajstić information content (AvgIpc) is 2.89. The minimum atomic E-state index is 0.396. The first-order chi connectivity index (χ1) is 9.24. The predicted octanol–water partition coefficient (Wildman–Crippen LogP) is 3.64. The van der Waals surface area contributed by atoms with Gasteiger partial charge in [-0.25, -0.2) is 0 Å². The lowest BCUT2D eigenvalue weighted by Crippen LogP contribution is -1.88. The molecule has 1 heterocycles. The maximum atomic E-state index is 5.93. The molecule has 5 heteroatoms. The van der Waals surface area contributed by atoms with E-state index in [0.29, 0.717) is 22.5 Å². The Morgan fingerprint density at radius 2 is 1.74 bits per heavy atom. The molecule has 0 atom stereocenters. The van der Waals surface area contributed by atoms with Crippen LogP contribution in [0.1, 0.15) is 0 Å². The molecular formula is C14H10ClN3O. The van der Waals surface area contributed by atoms with Gasteiger partial charge in [-0.3, -0.25) is 0 Å². The molecule has 0 radical (unpaired) electrons. The van der Waals surface area contributed by atoms with Crippen LogP contribution in [0.25, 0.3) is 22.9 Å². The summed E-state index contributed by atoms with van der Waals surface area (Å²) in [5.41, 5.74) is 7.98. The van der Waals surface area contributed by atoms with E-state index in [1.54, 1.807) is 18.2 Å². The fourth-order valence-electron chi connectivity index (χ4n) is 1.76. The van der Waals surface area contributed by atoms with Crippen molar-refractivity contribution in [2.24, 2.45) is 0 Å². The van der Waals surface area contributed by atoms with Crippen LogP contribution in [0.15, 0.2) is 52.9 Å². The van der Waals surface area contributed by atoms with Crippen LogP contribution in [0.5, 0.6) is 0 Å². The summed E-state index contributed by atoms with van der Waals surface area (Å²) in [6.45, 7) is 0. The lowest BCUT2D eigenvalue weighted by Gasteiger charge is -1.99. The Morgan fingerprint density at radius 1 is 0.947 bits per heavy atom. The highest BCUT2D eigenvalue weighted by molar-refractivity contribution is 6.30. The van der Waals surface area contributed by atoms with Crippen LogP contribution in [-0.2, 0) is 0 Å². The standard InChI is InChI=1S/C14H10ClN3O/c15-10-5-3-4-9(8-10)13-17-18-14(19-13)11-6-1-2-7-12(11)16/h1-8H,16H2. The Morgan fingerprint density at radius 3 is 2.53 bits per heavy atom. The second kappa shape index (κ2) is 4.74. The van der Waals surface area contributed by atoms with Crippen molar-refractivity contribution in [1.29, 1.82) is 0 Å². The quantitative estimate of drug-likeness (QED) is 0.723. The number of halogens is 1. The average molecular weight is 272 g/mol. The molecule has 0 aliphatic heterocycles. The summed E-state index contributed by atoms with van der Waals surface area (Å²) >= 11 is 5.93. The number of para-hydroxylation sites is 1. The third-order valence-corrected chi connectivity index (χ3v) is 2.92. The number of nitrogens with two attached hydrogens (primary N) is 1. The van der Waals surface area contributed by atoms with E-state index in [2.05, 4.69) is 10.2 Å². The van der Waals surface area contributed by atoms with Crippen molar-refractivity contribution in [3.05, 3.63) is 53.6 Å². The molecule has 0 saturated carbocycles. The molecule has 0 amide bonds. The highest BCUT2D eigenvalue weighted by Gasteiger charge is 2.12. The SMILES string of the molecule is Nc1ccccc1-c1nnc(-c2cccc(Cl)c2)o1. The summed E-state index contributed by atoms with van der Waals surface area (Å²) in [5, 5.41) is 8.65. The van der Waals surface area contributed by atoms with Gasteiger partial charge in [0.15, 0.2) is 0 Å². The monoisotopic (exact) mass is 271 g/mol. The van der Waals surface area contributed by atoms with Gasteiger partial charge in [0, 0.05) is 16.3 Å². The number of benzene rings is 2. The summed E-state index contributed by atoms with van der Waals surface area (Å²) < 4.78 is 5.63. The van der Waals surface area contributed by atoms with Gasteiger partial charge in [-0.1, -0.05) is 29.8 Å². The van der Waals surface area contributed by atoms with Crippen molar-refractivity contribution < 1.29 is 4.42 Å². The van der Waals surface area contributed by atoms with E-state index in [4.69, 9.17) is 21.8 Å². The van der Waals surface area contributed by atoms with Crippen molar-refractivity contribution in [1.82, 2.24) is 10.2 Å². The third kappa shape index (κ3) is 2.30. The Labute approximate surface area is 114 Å². The number of rotatable bonds is 2. The largest absolute Gasteiger partial charge is 0.416 e. The zero-order valence-electron chi connectivity index (χ0n) is 9.88. The molecule has 2 aromatic carbocycles. The zero-order chi connectivity index (χ0) is 13.2. The second-order valence-electron chi connectivity index (χ2n) is 4.01. The van der Waals surface area contributed by atoms with E-state index >= 15 is 0 Å². The van der Waals surface area contributed by atoms with Crippen molar-refractivity contribution in [3.8, 4) is 22.9 Å². The van der Waals surface area contributed by atoms with Gasteiger partial charge in [0.2, 0.25) is 11.8 Å². The van der Waals surface area contributed by atoms with Crippen LogP contribution in [0.3, 0.4) is 0 Å². The van der Waals surface area contributed by atoms with Crippen molar-refractivity contribution in [2.45, 2.75) is 0 Å². The van der Waals surface area contributed by atoms with Gasteiger partial charge < -0.3 is 10.2 Å². The molecule has 0 spiro atoms. The summed E-state index contributed by atoms with van der Waals surface area (Å²) in [7, 11) is 0. The van der Waals surface area contributed by atoms with Gasteiger partial charge in [0.1, 0.15) is 0 Å². The van der Waals surface area contributed by atoms with E-state index in [-0.39, 0.29) is 0 Å². The molecule has 2 N–H and O–H groups in total. The molecular weight excluding hydrogens is 262 g/mol. The molecule has 1 aromatic heterocycles. The zero-order valence-corrected chi connectivity index (χ0v) is 10.6. The lowest BCUT2D eigenvalue weighted by molar-refractivity contribution is 0.585. The normalized spacial score (nSPS) is 10.6. The molecule has 0 bridgehead atoms. The fraction of sp³-hybridized carbons (Fsp3) is 0. The smallest absolute Gasteiger partial charge is 0.250 e. The summed E-state index contributed by atoms with van der Waals surface area (Å²) in [6.07, 6.45) is 0. The summed E-state index contributed by atoms with van der Waals surface area (Å²) in [5.74, 6) is 0.814. The topological polar surface area (TPSA) is 64.9 Å². The van der Waals surface area contributed by atoms with Crippen molar-refractivity contribution in [3.63, 3.8) is 0 Å². The number of nitrogen functional groups attached to an aromatic ring is 1. The Kier molecular flexibility index (Phi) is 2.93. The van der Waals surface area contributed by atoms with E-state index in [9.17, 15) is 0 Å². The van der Waals surface area contributed by atoms with E-state index in [1.807, 2.05) is 30.3 Å². The third-order valence-electron chi connectivity index (χ3n) is 2.69. The van der Waals surface area contributed by atoms with Crippen molar-refractivity contribution in [2.75, 3.05) is 5.73 Å². The first kappa shape index (κ1) is 11.7. The minimum absolute atomic E-state index is 0.396. The Hall–Kier alpha value is -2.33. The van der Waals surface area contributed by atoms with E-state index in [1.165, 1.54) is 0 Å². The molecule has 0 fully saturated rings. The van der Waals surface area contributed by atoms with Gasteiger partial charge in [-0.15, -0.1) is 10.2 Å². The molecule has 94 valence electrons. The van der Waals surface area contributed by atoms with E-state index < -0.39 is 0 Å². The Bertz CT molecular complexity index is 724. The number of anilines is 1. The molecule has 3 rings (SSSR count). The van der Waals surface area contributed by atoms with Gasteiger partial charge in [0.05, 0.1) is 5.56 Å². The predicted molar refractivity (Wildman–Crippen MR) is 74.6 cm³/mol. The number of hydrogen-bond donors (Lipinski definition) is 1. The highest BCUT2D eigenvalue weighted by Crippen LogP contribution is 2.28. The number of aromatic nitrogens is 2. The summed E-state index contributed by atoms with van der Waals surface area (Å²) in [6, 6.07) is 14.6.